The highest BCUT2D eigenvalue weighted by atomic mass is 35.5. The van der Waals surface area contributed by atoms with Gasteiger partial charge in [-0.1, -0.05) is 77.8 Å². The van der Waals surface area contributed by atoms with Crippen LogP contribution in [-0.2, 0) is 25.7 Å². The number of fused-ring (bicyclic) bond motifs is 7. The van der Waals surface area contributed by atoms with Crippen LogP contribution in [0.5, 0.6) is 0 Å². The lowest BCUT2D eigenvalue weighted by atomic mass is 9.33. The van der Waals surface area contributed by atoms with E-state index in [-0.39, 0.29) is 51.8 Å². The molecule has 0 amide bonds. The fourth-order valence-electron chi connectivity index (χ4n) is 13.8. The average Bonchev–Trinajstić information content (AvgIpc) is 3.42. The van der Waals surface area contributed by atoms with Crippen LogP contribution in [-0.4, -0.2) is 83.7 Å². The number of rotatable bonds is 13. The van der Waals surface area contributed by atoms with Crippen LogP contribution >= 0.6 is 11.6 Å². The summed E-state index contributed by atoms with van der Waals surface area (Å²) in [5.41, 5.74) is 1.48. The van der Waals surface area contributed by atoms with E-state index in [1.807, 2.05) is 18.2 Å². The molecule has 6 rings (SSSR count). The van der Waals surface area contributed by atoms with Gasteiger partial charge in [-0.2, -0.15) is 0 Å². The molecule has 0 aromatic heterocycles. The van der Waals surface area contributed by atoms with Gasteiger partial charge in [0, 0.05) is 48.5 Å². The lowest BCUT2D eigenvalue weighted by Gasteiger charge is -2.72. The van der Waals surface area contributed by atoms with Gasteiger partial charge < -0.3 is 19.8 Å². The number of carboxylic acid groups (broad SMARTS) is 1. The topological polar surface area (TPSA) is 107 Å². The number of aliphatic carboxylic acids is 1. The summed E-state index contributed by atoms with van der Waals surface area (Å²) >= 11 is 6.41. The van der Waals surface area contributed by atoms with Crippen LogP contribution in [0.25, 0.3) is 0 Å². The van der Waals surface area contributed by atoms with Gasteiger partial charge in [0.05, 0.1) is 17.9 Å². The van der Waals surface area contributed by atoms with Crippen molar-refractivity contribution in [3.8, 4) is 0 Å². The number of allylic oxidation sites excluding steroid dienone is 1. The van der Waals surface area contributed by atoms with Crippen molar-refractivity contribution in [1.29, 1.82) is 0 Å². The number of likely N-dealkylation sites (N-methyl/N-ethyl adjacent to an activating group) is 1. The summed E-state index contributed by atoms with van der Waals surface area (Å²) in [5, 5.41) is 23.1. The first-order chi connectivity index (χ1) is 26.4. The Morgan fingerprint density at radius 1 is 0.947 bits per heavy atom. The van der Waals surface area contributed by atoms with Crippen LogP contribution in [0.3, 0.4) is 0 Å². The summed E-state index contributed by atoms with van der Waals surface area (Å²) in [6, 6.07) is 8.00. The van der Waals surface area contributed by atoms with E-state index in [4.69, 9.17) is 16.3 Å². The van der Waals surface area contributed by atoms with E-state index in [1.54, 1.807) is 13.8 Å². The van der Waals surface area contributed by atoms with Crippen molar-refractivity contribution in [3.05, 3.63) is 46.0 Å². The van der Waals surface area contributed by atoms with E-state index in [0.717, 1.165) is 75.6 Å². The van der Waals surface area contributed by atoms with Gasteiger partial charge in [0.2, 0.25) is 0 Å². The summed E-state index contributed by atoms with van der Waals surface area (Å²) in [5.74, 6) is -0.00895. The Bertz CT molecular complexity index is 1750. The maximum Gasteiger partial charge on any atom is 0.309 e. The van der Waals surface area contributed by atoms with Crippen molar-refractivity contribution >= 4 is 29.3 Å². The number of carbonyl (C=O) groups excluding carboxylic acids is 2. The number of aliphatic hydroxyl groups is 1. The average molecular weight is 810 g/mol. The summed E-state index contributed by atoms with van der Waals surface area (Å²) in [4.78, 5) is 43.8. The molecule has 4 fully saturated rings. The number of ether oxygens (including phenoxy) is 1. The SMILES string of the molecule is CC(C)C1=C2[C@H]3CC[C@@H]4[C@@]5(C)CC[C@H](OC(=O)CC(C)(C)C(=O)O)C(C)(C)[C@@H]5CC[C@@]4(C)[C@]3(C)CC[C@@]2([C@H](O)CN(CCN(C)C)Cc2cccc(Cl)c2)CC1=O. The van der Waals surface area contributed by atoms with E-state index in [1.165, 1.54) is 5.57 Å². The van der Waals surface area contributed by atoms with Crippen LogP contribution in [0.1, 0.15) is 132 Å². The summed E-state index contributed by atoms with van der Waals surface area (Å²) in [6.45, 7) is 22.6. The van der Waals surface area contributed by atoms with Crippen LogP contribution < -0.4 is 0 Å². The van der Waals surface area contributed by atoms with Crippen molar-refractivity contribution in [1.82, 2.24) is 9.80 Å². The molecule has 0 spiro atoms. The molecule has 1 aromatic carbocycles. The van der Waals surface area contributed by atoms with Gasteiger partial charge in [0.1, 0.15) is 6.10 Å². The Morgan fingerprint density at radius 3 is 2.28 bits per heavy atom. The number of hydrogen-bond acceptors (Lipinski definition) is 7. The first-order valence-corrected chi connectivity index (χ1v) is 22.3. The molecule has 0 heterocycles. The number of hydrogen-bond donors (Lipinski definition) is 2. The van der Waals surface area contributed by atoms with Gasteiger partial charge in [-0.05, 0) is 142 Å². The quantitative estimate of drug-likeness (QED) is 0.190. The molecule has 0 radical (unpaired) electrons. The maximum atomic E-state index is 14.3. The third-order valence-electron chi connectivity index (χ3n) is 17.1. The number of aliphatic hydroxyl groups excluding tert-OH is 1. The molecule has 5 aliphatic rings. The Kier molecular flexibility index (Phi) is 12.2. The highest BCUT2D eigenvalue weighted by Gasteiger charge is 2.71. The molecule has 0 bridgehead atoms. The van der Waals surface area contributed by atoms with Crippen molar-refractivity contribution in [2.45, 2.75) is 145 Å². The molecule has 5 aliphatic carbocycles. The van der Waals surface area contributed by atoms with Gasteiger partial charge in [-0.3, -0.25) is 19.3 Å². The zero-order valence-electron chi connectivity index (χ0n) is 37.0. The van der Waals surface area contributed by atoms with E-state index in [0.29, 0.717) is 36.4 Å². The minimum absolute atomic E-state index is 0.0333. The molecule has 318 valence electrons. The Morgan fingerprint density at radius 2 is 1.65 bits per heavy atom. The maximum absolute atomic E-state index is 14.3. The first kappa shape index (κ1) is 44.3. The molecule has 0 aliphatic heterocycles. The van der Waals surface area contributed by atoms with Crippen molar-refractivity contribution < 1.29 is 29.3 Å². The van der Waals surface area contributed by atoms with Gasteiger partial charge >= 0.3 is 11.9 Å². The highest BCUT2D eigenvalue weighted by molar-refractivity contribution is 6.30. The van der Waals surface area contributed by atoms with Gasteiger partial charge in [-0.15, -0.1) is 0 Å². The molecule has 9 atom stereocenters. The Hall–Kier alpha value is -2.26. The second-order valence-corrected chi connectivity index (χ2v) is 22.2. The predicted octanol–water partition coefficient (Wildman–Crippen LogP) is 9.46. The van der Waals surface area contributed by atoms with Gasteiger partial charge in [0.25, 0.3) is 0 Å². The fourth-order valence-corrected chi connectivity index (χ4v) is 14.0. The number of esters is 1. The van der Waals surface area contributed by atoms with E-state index in [2.05, 4.69) is 78.4 Å². The van der Waals surface area contributed by atoms with Crippen LogP contribution in [0.2, 0.25) is 5.02 Å². The smallest absolute Gasteiger partial charge is 0.309 e. The number of carboxylic acids is 1. The molecule has 1 aromatic rings. The lowest BCUT2D eigenvalue weighted by Crippen LogP contribution is -2.66. The van der Waals surface area contributed by atoms with E-state index in [9.17, 15) is 24.6 Å². The molecule has 0 unspecified atom stereocenters. The number of ketones is 1. The van der Waals surface area contributed by atoms with Crippen LogP contribution in [0, 0.1) is 56.2 Å². The molecule has 9 heteroatoms. The summed E-state index contributed by atoms with van der Waals surface area (Å²) < 4.78 is 6.20. The normalized spacial score (nSPS) is 35.5. The first-order valence-electron chi connectivity index (χ1n) is 21.9. The molecular formula is C48H73ClN2O6. The third-order valence-corrected chi connectivity index (χ3v) is 17.3. The van der Waals surface area contributed by atoms with Crippen molar-refractivity contribution in [3.63, 3.8) is 0 Å². The highest BCUT2D eigenvalue weighted by Crippen LogP contribution is 2.77. The lowest BCUT2D eigenvalue weighted by molar-refractivity contribution is -0.235. The molecule has 2 N–H and O–H groups in total. The largest absolute Gasteiger partial charge is 0.481 e. The number of nitrogens with zero attached hydrogens (tertiary/aromatic N) is 2. The monoisotopic (exact) mass is 809 g/mol. The Labute approximate surface area is 348 Å². The zero-order chi connectivity index (χ0) is 42.1. The second kappa shape index (κ2) is 15.6. The predicted molar refractivity (Wildman–Crippen MR) is 227 cm³/mol. The van der Waals surface area contributed by atoms with Gasteiger partial charge in [0.15, 0.2) is 5.78 Å². The molecule has 57 heavy (non-hydrogen) atoms. The minimum Gasteiger partial charge on any atom is -0.481 e. The van der Waals surface area contributed by atoms with E-state index < -0.39 is 28.9 Å². The number of halogens is 1. The van der Waals surface area contributed by atoms with Crippen LogP contribution in [0.4, 0.5) is 0 Å². The molecule has 0 saturated heterocycles. The molecular weight excluding hydrogens is 736 g/mol. The van der Waals surface area contributed by atoms with E-state index >= 15 is 0 Å². The number of benzene rings is 1. The van der Waals surface area contributed by atoms with Crippen molar-refractivity contribution in [2.24, 2.45) is 56.2 Å². The van der Waals surface area contributed by atoms with Crippen LogP contribution in [0.15, 0.2) is 35.4 Å². The minimum atomic E-state index is -1.17. The zero-order valence-corrected chi connectivity index (χ0v) is 37.7. The second-order valence-electron chi connectivity index (χ2n) is 21.7. The summed E-state index contributed by atoms with van der Waals surface area (Å²) in [6.07, 6.45) is 7.11. The number of Topliss-reactive ketones (excluding diaryl/α,β-unsaturated/α-hetero) is 1. The molecule has 8 nitrogen and oxygen atoms in total. The third kappa shape index (κ3) is 7.58. The standard InChI is InChI=1S/C48H73ClN2O6/c1-30(2)40-34(52)26-48(37(53)29-51(24-23-50(10)11)28-31-13-12-14-32(49)25-31)22-21-46(8)33(41(40)48)15-16-36-45(7)19-18-38(57-39(54)27-43(3,4)42(55)56)44(5,6)35(45)17-20-47(36,46)9/h12-14,25,30,33,35-38,53H,15-24,26-29H2,1-11H3,(H,55,56)/t33-,35+,36-,37-,38+,45+,46-,47-,48+/m1/s1. The summed E-state index contributed by atoms with van der Waals surface area (Å²) in [7, 11) is 4.16. The molecule has 4 saturated carbocycles. The van der Waals surface area contributed by atoms with Gasteiger partial charge in [-0.25, -0.2) is 0 Å². The fraction of sp³-hybridized carbons (Fsp3) is 0.771. The number of carbonyl (C=O) groups is 3. The van der Waals surface area contributed by atoms with Crippen molar-refractivity contribution in [2.75, 3.05) is 33.7 Å². The Balaban J connectivity index is 1.29.